The molecule has 0 bridgehead atoms. The molecule has 25 heavy (non-hydrogen) atoms. The minimum absolute atomic E-state index is 0.00858. The highest BCUT2D eigenvalue weighted by Crippen LogP contribution is 2.35. The van der Waals surface area contributed by atoms with Crippen molar-refractivity contribution >= 4 is 11.9 Å². The molecule has 1 aromatic rings. The number of ketones is 1. The van der Waals surface area contributed by atoms with Gasteiger partial charge in [-0.2, -0.15) is 0 Å². The number of benzene rings is 1. The van der Waals surface area contributed by atoms with Gasteiger partial charge in [0.2, 0.25) is 0 Å². The fraction of sp³-hybridized carbons (Fsp3) is 0.579. The normalized spacial score (nSPS) is 16.6. The largest absolute Gasteiger partial charge is 0.444 e. The molecule has 1 aromatic carbocycles. The second-order valence-corrected chi connectivity index (χ2v) is 8.23. The van der Waals surface area contributed by atoms with Crippen molar-refractivity contribution in [3.63, 3.8) is 0 Å². The number of ether oxygens (including phenoxy) is 1. The van der Waals surface area contributed by atoms with E-state index in [-0.39, 0.29) is 35.9 Å². The van der Waals surface area contributed by atoms with Crippen molar-refractivity contribution in [2.45, 2.75) is 53.1 Å². The number of Topliss-reactive ketones (excluding diaryl/α,β-unsaturated/α-hetero) is 1. The minimum Gasteiger partial charge on any atom is -0.444 e. The highest BCUT2D eigenvalue weighted by Gasteiger charge is 2.48. The van der Waals surface area contributed by atoms with E-state index in [2.05, 4.69) is 0 Å². The van der Waals surface area contributed by atoms with E-state index in [0.29, 0.717) is 0 Å². The Labute approximate surface area is 147 Å². The van der Waals surface area contributed by atoms with E-state index < -0.39 is 28.7 Å². The second kappa shape index (κ2) is 6.39. The van der Waals surface area contributed by atoms with Gasteiger partial charge in [-0.1, -0.05) is 13.8 Å². The van der Waals surface area contributed by atoms with Crippen molar-refractivity contribution in [1.82, 2.24) is 4.90 Å². The Morgan fingerprint density at radius 1 is 1.16 bits per heavy atom. The number of amides is 1. The fourth-order valence-electron chi connectivity index (χ4n) is 3.01. The SMILES string of the molecule is CC(C)c1c(F)cc(C(=O)C2(C)CN(C(=O)OC(C)(C)C)C2)cc1F. The first-order chi connectivity index (χ1) is 11.3. The summed E-state index contributed by atoms with van der Waals surface area (Å²) in [6.07, 6.45) is -0.495. The molecule has 1 amide bonds. The molecule has 0 radical (unpaired) electrons. The van der Waals surface area contributed by atoms with E-state index in [0.717, 1.165) is 12.1 Å². The molecule has 0 atom stereocenters. The molecule has 1 aliphatic heterocycles. The van der Waals surface area contributed by atoms with Crippen molar-refractivity contribution < 1.29 is 23.1 Å². The molecule has 0 spiro atoms. The summed E-state index contributed by atoms with van der Waals surface area (Å²) in [5, 5.41) is 0. The summed E-state index contributed by atoms with van der Waals surface area (Å²) in [6.45, 7) is 10.7. The highest BCUT2D eigenvalue weighted by atomic mass is 19.1. The smallest absolute Gasteiger partial charge is 0.410 e. The third-order valence-corrected chi connectivity index (χ3v) is 4.20. The molecule has 1 saturated heterocycles. The van der Waals surface area contributed by atoms with Crippen LogP contribution in [0.25, 0.3) is 0 Å². The van der Waals surface area contributed by atoms with Crippen LogP contribution in [0.2, 0.25) is 0 Å². The van der Waals surface area contributed by atoms with Crippen LogP contribution in [0, 0.1) is 17.0 Å². The standard InChI is InChI=1S/C19H25F2NO3/c1-11(2)15-13(20)7-12(8-14(15)21)16(23)19(6)9-22(10-19)17(24)25-18(3,4)5/h7-8,11H,9-10H2,1-6H3. The Kier molecular flexibility index (Phi) is 4.94. The summed E-state index contributed by atoms with van der Waals surface area (Å²) in [5.74, 6) is -2.12. The number of likely N-dealkylation sites (tertiary alicyclic amines) is 1. The van der Waals surface area contributed by atoms with E-state index in [1.807, 2.05) is 0 Å². The molecule has 4 nitrogen and oxygen atoms in total. The number of carbonyl (C=O) groups is 2. The molecule has 138 valence electrons. The van der Waals surface area contributed by atoms with Gasteiger partial charge in [0.1, 0.15) is 17.2 Å². The number of nitrogens with zero attached hydrogens (tertiary/aromatic N) is 1. The molecule has 0 N–H and O–H groups in total. The first kappa shape index (κ1) is 19.3. The number of carbonyl (C=O) groups excluding carboxylic acids is 2. The van der Waals surface area contributed by atoms with Crippen molar-refractivity contribution in [3.8, 4) is 0 Å². The molecular formula is C19H25F2NO3. The number of halogens is 2. The van der Waals surface area contributed by atoms with Crippen LogP contribution in [-0.4, -0.2) is 35.5 Å². The molecule has 0 aliphatic carbocycles. The zero-order valence-electron chi connectivity index (χ0n) is 15.6. The van der Waals surface area contributed by atoms with Crippen molar-refractivity contribution in [2.24, 2.45) is 5.41 Å². The van der Waals surface area contributed by atoms with Crippen LogP contribution >= 0.6 is 0 Å². The lowest BCUT2D eigenvalue weighted by molar-refractivity contribution is -0.0198. The Morgan fingerprint density at radius 2 is 1.64 bits per heavy atom. The predicted molar refractivity (Wildman–Crippen MR) is 90.7 cm³/mol. The first-order valence-electron chi connectivity index (χ1n) is 8.36. The molecule has 1 fully saturated rings. The molecule has 6 heteroatoms. The summed E-state index contributed by atoms with van der Waals surface area (Å²) in [4.78, 5) is 26.1. The van der Waals surface area contributed by atoms with Crippen LogP contribution < -0.4 is 0 Å². The van der Waals surface area contributed by atoms with Gasteiger partial charge in [-0.05, 0) is 45.7 Å². The number of rotatable bonds is 3. The van der Waals surface area contributed by atoms with E-state index >= 15 is 0 Å². The van der Waals surface area contributed by atoms with Crippen LogP contribution in [0.1, 0.15) is 63.4 Å². The zero-order chi connectivity index (χ0) is 19.2. The summed E-state index contributed by atoms with van der Waals surface area (Å²) < 4.78 is 33.5. The fourth-order valence-corrected chi connectivity index (χ4v) is 3.01. The van der Waals surface area contributed by atoms with E-state index in [4.69, 9.17) is 4.74 Å². The van der Waals surface area contributed by atoms with E-state index in [1.54, 1.807) is 41.5 Å². The summed E-state index contributed by atoms with van der Waals surface area (Å²) in [5.41, 5.74) is -1.52. The first-order valence-corrected chi connectivity index (χ1v) is 8.36. The third-order valence-electron chi connectivity index (χ3n) is 4.20. The van der Waals surface area contributed by atoms with Gasteiger partial charge < -0.3 is 9.64 Å². The summed E-state index contributed by atoms with van der Waals surface area (Å²) >= 11 is 0. The predicted octanol–water partition coefficient (Wildman–Crippen LogP) is 4.53. The van der Waals surface area contributed by atoms with Gasteiger partial charge in [-0.15, -0.1) is 0 Å². The monoisotopic (exact) mass is 353 g/mol. The summed E-state index contributed by atoms with van der Waals surface area (Å²) in [6, 6.07) is 2.17. The minimum atomic E-state index is -0.866. The van der Waals surface area contributed by atoms with Gasteiger partial charge in [0.15, 0.2) is 5.78 Å². The quantitative estimate of drug-likeness (QED) is 0.750. The molecule has 1 aliphatic rings. The average molecular weight is 353 g/mol. The van der Waals surface area contributed by atoms with Crippen molar-refractivity contribution in [1.29, 1.82) is 0 Å². The Balaban J connectivity index is 2.13. The second-order valence-electron chi connectivity index (χ2n) is 8.23. The van der Waals surface area contributed by atoms with Crippen molar-refractivity contribution in [3.05, 3.63) is 34.9 Å². The zero-order valence-corrected chi connectivity index (χ0v) is 15.6. The lowest BCUT2D eigenvalue weighted by Crippen LogP contribution is -2.61. The van der Waals surface area contributed by atoms with Gasteiger partial charge in [0, 0.05) is 24.2 Å². The lowest BCUT2D eigenvalue weighted by Gasteiger charge is -2.46. The molecule has 2 rings (SSSR count). The van der Waals surface area contributed by atoms with Gasteiger partial charge in [-0.25, -0.2) is 13.6 Å². The van der Waals surface area contributed by atoms with Gasteiger partial charge >= 0.3 is 6.09 Å². The average Bonchev–Trinajstić information content (AvgIpc) is 2.39. The topological polar surface area (TPSA) is 46.6 Å². The molecule has 0 saturated carbocycles. The molecule has 0 unspecified atom stereocenters. The Bertz CT molecular complexity index is 678. The van der Waals surface area contributed by atoms with Crippen LogP contribution in [0.4, 0.5) is 13.6 Å². The van der Waals surface area contributed by atoms with Gasteiger partial charge in [0.25, 0.3) is 0 Å². The Hall–Kier alpha value is -1.98. The molecular weight excluding hydrogens is 328 g/mol. The van der Waals surface area contributed by atoms with Crippen LogP contribution in [0.3, 0.4) is 0 Å². The van der Waals surface area contributed by atoms with Crippen molar-refractivity contribution in [2.75, 3.05) is 13.1 Å². The number of hydrogen-bond donors (Lipinski definition) is 0. The third kappa shape index (κ3) is 3.99. The Morgan fingerprint density at radius 3 is 2.04 bits per heavy atom. The lowest BCUT2D eigenvalue weighted by atomic mass is 9.75. The van der Waals surface area contributed by atoms with Gasteiger partial charge in [-0.3, -0.25) is 4.79 Å². The highest BCUT2D eigenvalue weighted by molar-refractivity contribution is 6.02. The van der Waals surface area contributed by atoms with Crippen LogP contribution in [0.15, 0.2) is 12.1 Å². The van der Waals surface area contributed by atoms with E-state index in [9.17, 15) is 18.4 Å². The molecule has 1 heterocycles. The maximum atomic E-state index is 14.1. The van der Waals surface area contributed by atoms with E-state index in [1.165, 1.54) is 4.90 Å². The van der Waals surface area contributed by atoms with Crippen LogP contribution in [-0.2, 0) is 4.74 Å². The van der Waals surface area contributed by atoms with Crippen LogP contribution in [0.5, 0.6) is 0 Å². The summed E-state index contributed by atoms with van der Waals surface area (Å²) in [7, 11) is 0. The molecule has 0 aromatic heterocycles. The van der Waals surface area contributed by atoms with Gasteiger partial charge in [0.05, 0.1) is 5.41 Å². The maximum absolute atomic E-state index is 14.1. The maximum Gasteiger partial charge on any atom is 0.410 e. The number of hydrogen-bond acceptors (Lipinski definition) is 3.